The molecule has 7 nitrogen and oxygen atoms in total. The lowest BCUT2D eigenvalue weighted by Gasteiger charge is -2.34. The van der Waals surface area contributed by atoms with Crippen molar-refractivity contribution in [2.24, 2.45) is 0 Å². The molecule has 0 unspecified atom stereocenters. The summed E-state index contributed by atoms with van der Waals surface area (Å²) >= 11 is 0. The lowest BCUT2D eigenvalue weighted by molar-refractivity contribution is -0.127. The molecule has 1 N–H and O–H groups in total. The number of fused-ring (bicyclic) bond motifs is 1. The zero-order valence-electron chi connectivity index (χ0n) is 15.9. The van der Waals surface area contributed by atoms with Gasteiger partial charge in [-0.15, -0.1) is 0 Å². The third-order valence-electron chi connectivity index (χ3n) is 4.61. The molecule has 1 aliphatic heterocycles. The van der Waals surface area contributed by atoms with Gasteiger partial charge in [0.2, 0.25) is 0 Å². The molecule has 148 valence electrons. The lowest BCUT2D eigenvalue weighted by atomic mass is 10.1. The zero-order valence-corrected chi connectivity index (χ0v) is 16.7. The maximum absolute atomic E-state index is 13.1. The number of benzene rings is 2. The number of nitrogens with one attached hydrogen (secondary N) is 1. The number of nitrogens with zero attached hydrogens (tertiary/aromatic N) is 1. The normalized spacial score (nSPS) is 16.3. The molecule has 8 heteroatoms. The third kappa shape index (κ3) is 3.60. The van der Waals surface area contributed by atoms with Gasteiger partial charge in [0.25, 0.3) is 11.8 Å². The number of para-hydroxylation sites is 2. The molecule has 0 aromatic heterocycles. The van der Waals surface area contributed by atoms with Crippen LogP contribution in [-0.4, -0.2) is 45.2 Å². The molecular weight excluding hydrogens is 380 g/mol. The van der Waals surface area contributed by atoms with Crippen LogP contribution >= 0.6 is 0 Å². The predicted octanol–water partition coefficient (Wildman–Crippen LogP) is 2.02. The summed E-state index contributed by atoms with van der Waals surface area (Å²) in [5, 5.41) is 1.98. The number of likely N-dealkylation sites (N-methyl/N-ethyl adjacent to an activating group) is 1. The molecule has 0 bridgehead atoms. The average Bonchev–Trinajstić information content (AvgIpc) is 2.71. The Balaban J connectivity index is 1.94. The number of sulfone groups is 1. The summed E-state index contributed by atoms with van der Waals surface area (Å²) in [7, 11) is -1.91. The minimum atomic E-state index is -3.41. The van der Waals surface area contributed by atoms with Gasteiger partial charge < -0.3 is 15.0 Å². The Morgan fingerprint density at radius 1 is 1.11 bits per heavy atom. The summed E-state index contributed by atoms with van der Waals surface area (Å²) < 4.78 is 30.3. The van der Waals surface area contributed by atoms with Crippen molar-refractivity contribution in [1.82, 2.24) is 5.32 Å². The van der Waals surface area contributed by atoms with Gasteiger partial charge in [-0.3, -0.25) is 9.59 Å². The molecule has 1 aliphatic rings. The van der Waals surface area contributed by atoms with Crippen molar-refractivity contribution < 1.29 is 22.7 Å². The van der Waals surface area contributed by atoms with Crippen LogP contribution in [0.15, 0.2) is 53.4 Å². The largest absolute Gasteiger partial charge is 0.477 e. The molecule has 0 radical (unpaired) electrons. The van der Waals surface area contributed by atoms with E-state index < -0.39 is 21.2 Å². The molecule has 1 atom stereocenters. The number of hydrogen-bond donors (Lipinski definition) is 1. The fourth-order valence-corrected chi connectivity index (χ4v) is 4.00. The van der Waals surface area contributed by atoms with E-state index in [-0.39, 0.29) is 23.3 Å². The number of carbonyl (C=O) groups excluding carboxylic acids is 2. The molecule has 0 saturated carbocycles. The molecule has 0 spiro atoms. The van der Waals surface area contributed by atoms with Gasteiger partial charge in [0.1, 0.15) is 5.75 Å². The van der Waals surface area contributed by atoms with Crippen molar-refractivity contribution in [2.75, 3.05) is 18.5 Å². The van der Waals surface area contributed by atoms with E-state index in [1.165, 1.54) is 36.2 Å². The molecule has 28 heavy (non-hydrogen) atoms. The van der Waals surface area contributed by atoms with Gasteiger partial charge in [0.15, 0.2) is 15.9 Å². The summed E-state index contributed by atoms with van der Waals surface area (Å²) in [5.74, 6) is -0.224. The van der Waals surface area contributed by atoms with E-state index in [9.17, 15) is 18.0 Å². The highest BCUT2D eigenvalue weighted by Gasteiger charge is 2.33. The highest BCUT2D eigenvalue weighted by molar-refractivity contribution is 7.92. The van der Waals surface area contributed by atoms with Crippen molar-refractivity contribution in [2.45, 2.75) is 30.1 Å². The molecule has 2 aromatic carbocycles. The Hall–Kier alpha value is -2.87. The van der Waals surface area contributed by atoms with E-state index in [2.05, 4.69) is 5.32 Å². The number of hydrogen-bond acceptors (Lipinski definition) is 5. The molecule has 3 rings (SSSR count). The van der Waals surface area contributed by atoms with E-state index in [0.29, 0.717) is 17.0 Å². The summed E-state index contributed by atoms with van der Waals surface area (Å²) in [4.78, 5) is 26.8. The van der Waals surface area contributed by atoms with Gasteiger partial charge in [-0.2, -0.15) is 0 Å². The van der Waals surface area contributed by atoms with Crippen LogP contribution in [0.25, 0.3) is 0 Å². The summed E-state index contributed by atoms with van der Waals surface area (Å²) in [5.41, 5.74) is 0.890. The van der Waals surface area contributed by atoms with E-state index in [1.807, 2.05) is 0 Å². The second-order valence-electron chi connectivity index (χ2n) is 6.72. The van der Waals surface area contributed by atoms with Crippen molar-refractivity contribution in [3.63, 3.8) is 0 Å². The molecular formula is C20H22N2O5S. The van der Waals surface area contributed by atoms with Crippen LogP contribution < -0.4 is 15.0 Å². The predicted molar refractivity (Wildman–Crippen MR) is 105 cm³/mol. The van der Waals surface area contributed by atoms with Crippen molar-refractivity contribution in [1.29, 1.82) is 0 Å². The number of anilines is 1. The Labute approximate surface area is 164 Å². The van der Waals surface area contributed by atoms with Crippen molar-refractivity contribution in [3.8, 4) is 5.75 Å². The van der Waals surface area contributed by atoms with Crippen LogP contribution in [0, 0.1) is 0 Å². The van der Waals surface area contributed by atoms with Crippen molar-refractivity contribution >= 4 is 27.3 Å². The van der Waals surface area contributed by atoms with Gasteiger partial charge in [0.05, 0.1) is 22.4 Å². The topological polar surface area (TPSA) is 92.8 Å². The smallest absolute Gasteiger partial charge is 0.262 e. The standard InChI is InChI=1S/C20H22N2O5S/c1-13(2)28(25,26)15-10-8-14(9-11-15)20(24)22-12-18(19(23)21-3)27-17-7-5-4-6-16(17)22/h4-11,13,18H,12H2,1-3H3,(H,21,23)/t18-/m0/s1. The second kappa shape index (κ2) is 7.63. The summed E-state index contributed by atoms with van der Waals surface area (Å²) in [6.07, 6.45) is -0.829. The van der Waals surface area contributed by atoms with Crippen LogP contribution in [0.4, 0.5) is 5.69 Å². The minimum Gasteiger partial charge on any atom is -0.477 e. The molecule has 2 amide bonds. The van der Waals surface area contributed by atoms with Gasteiger partial charge >= 0.3 is 0 Å². The Kier molecular flexibility index (Phi) is 5.42. The molecule has 1 heterocycles. The van der Waals surface area contributed by atoms with E-state index in [4.69, 9.17) is 4.74 Å². The first-order valence-corrected chi connectivity index (χ1v) is 10.4. The maximum Gasteiger partial charge on any atom is 0.262 e. The molecule has 0 aliphatic carbocycles. The summed E-state index contributed by atoms with van der Waals surface area (Å²) in [6.45, 7) is 3.28. The Morgan fingerprint density at radius 2 is 1.75 bits per heavy atom. The van der Waals surface area contributed by atoms with Gasteiger partial charge in [-0.1, -0.05) is 12.1 Å². The Morgan fingerprint density at radius 3 is 2.36 bits per heavy atom. The van der Waals surface area contributed by atoms with E-state index in [0.717, 1.165) is 0 Å². The zero-order chi connectivity index (χ0) is 20.5. The Bertz CT molecular complexity index is 1000. The van der Waals surface area contributed by atoms with Crippen LogP contribution in [-0.2, 0) is 14.6 Å². The van der Waals surface area contributed by atoms with Gasteiger partial charge in [0, 0.05) is 12.6 Å². The van der Waals surface area contributed by atoms with E-state index >= 15 is 0 Å². The van der Waals surface area contributed by atoms with Crippen molar-refractivity contribution in [3.05, 3.63) is 54.1 Å². The first kappa shape index (κ1) is 19.9. The minimum absolute atomic E-state index is 0.0571. The first-order valence-electron chi connectivity index (χ1n) is 8.89. The van der Waals surface area contributed by atoms with Crippen LogP contribution in [0.2, 0.25) is 0 Å². The maximum atomic E-state index is 13.1. The average molecular weight is 402 g/mol. The van der Waals surface area contributed by atoms with Crippen LogP contribution in [0.1, 0.15) is 24.2 Å². The monoisotopic (exact) mass is 402 g/mol. The third-order valence-corrected chi connectivity index (χ3v) is 6.78. The number of amides is 2. The summed E-state index contributed by atoms with van der Waals surface area (Å²) in [6, 6.07) is 12.8. The fourth-order valence-electron chi connectivity index (χ4n) is 2.94. The number of rotatable bonds is 4. The second-order valence-corrected chi connectivity index (χ2v) is 9.23. The van der Waals surface area contributed by atoms with Crippen LogP contribution in [0.3, 0.4) is 0 Å². The van der Waals surface area contributed by atoms with Gasteiger partial charge in [-0.05, 0) is 50.2 Å². The molecule has 2 aromatic rings. The van der Waals surface area contributed by atoms with Crippen LogP contribution in [0.5, 0.6) is 5.75 Å². The first-order chi connectivity index (χ1) is 13.3. The highest BCUT2D eigenvalue weighted by atomic mass is 32.2. The van der Waals surface area contributed by atoms with E-state index in [1.54, 1.807) is 38.1 Å². The number of ether oxygens (including phenoxy) is 1. The quantitative estimate of drug-likeness (QED) is 0.845. The fraction of sp³-hybridized carbons (Fsp3) is 0.300. The lowest BCUT2D eigenvalue weighted by Crippen LogP contribution is -2.50. The number of carbonyl (C=O) groups is 2. The molecule has 0 saturated heterocycles. The SMILES string of the molecule is CNC(=O)[C@@H]1CN(C(=O)c2ccc(S(=O)(=O)C(C)C)cc2)c2ccccc2O1. The molecule has 0 fully saturated rings. The van der Waals surface area contributed by atoms with Gasteiger partial charge in [-0.25, -0.2) is 8.42 Å². The highest BCUT2D eigenvalue weighted by Crippen LogP contribution is 2.34.